The van der Waals surface area contributed by atoms with E-state index in [0.717, 1.165) is 0 Å². The van der Waals surface area contributed by atoms with Crippen LogP contribution in [0.3, 0.4) is 0 Å². The van der Waals surface area contributed by atoms with E-state index in [4.69, 9.17) is 15.2 Å². The van der Waals surface area contributed by atoms with Gasteiger partial charge >= 0.3 is 5.97 Å². The van der Waals surface area contributed by atoms with Gasteiger partial charge < -0.3 is 25.3 Å². The molecule has 7 heteroatoms. The van der Waals surface area contributed by atoms with Crippen molar-refractivity contribution >= 4 is 17.6 Å². The van der Waals surface area contributed by atoms with E-state index in [1.54, 1.807) is 24.3 Å². The Morgan fingerprint density at radius 3 is 2.48 bits per heavy atom. The lowest BCUT2D eigenvalue weighted by molar-refractivity contribution is -0.166. The summed E-state index contributed by atoms with van der Waals surface area (Å²) in [5, 5.41) is 2.88. The smallest absolute Gasteiger partial charge is 0.305 e. The van der Waals surface area contributed by atoms with Gasteiger partial charge in [-0.25, -0.2) is 0 Å². The van der Waals surface area contributed by atoms with E-state index in [2.05, 4.69) is 10.1 Å². The van der Waals surface area contributed by atoms with Crippen LogP contribution < -0.4 is 15.8 Å². The van der Waals surface area contributed by atoms with Crippen LogP contribution >= 0.6 is 0 Å². The van der Waals surface area contributed by atoms with E-state index in [-0.39, 0.29) is 18.0 Å². The van der Waals surface area contributed by atoms with E-state index >= 15 is 0 Å². The minimum absolute atomic E-state index is 0.0148. The number of nitrogens with two attached hydrogens (primary N) is 1. The van der Waals surface area contributed by atoms with Gasteiger partial charge in [0, 0.05) is 30.6 Å². The van der Waals surface area contributed by atoms with Gasteiger partial charge in [0.05, 0.1) is 19.8 Å². The number of carbonyl (C=O) groups is 2. The van der Waals surface area contributed by atoms with Crippen molar-refractivity contribution in [2.24, 2.45) is 11.1 Å². The predicted molar refractivity (Wildman–Crippen MR) is 103 cm³/mol. The lowest BCUT2D eigenvalue weighted by atomic mass is 9.54. The molecule has 0 aliphatic heterocycles. The molecule has 1 fully saturated rings. The molecule has 0 radical (unpaired) electrons. The molecule has 0 saturated heterocycles. The zero-order valence-corrected chi connectivity index (χ0v) is 16.5. The Balaban J connectivity index is 1.85. The fraction of sp³-hybridized carbons (Fsp3) is 0.600. The average Bonchev–Trinajstić information content (AvgIpc) is 2.65. The molecule has 2 unspecified atom stereocenters. The minimum Gasteiger partial charge on any atom is -0.494 e. The van der Waals surface area contributed by atoms with E-state index in [1.165, 1.54) is 7.11 Å². The van der Waals surface area contributed by atoms with Gasteiger partial charge in [-0.05, 0) is 37.6 Å². The van der Waals surface area contributed by atoms with Gasteiger partial charge in [0.2, 0.25) is 5.91 Å². The molecule has 2 atom stereocenters. The van der Waals surface area contributed by atoms with Crippen molar-refractivity contribution in [2.75, 3.05) is 25.6 Å². The molecule has 1 aliphatic rings. The van der Waals surface area contributed by atoms with Gasteiger partial charge in [-0.1, -0.05) is 13.8 Å². The molecule has 0 spiro atoms. The van der Waals surface area contributed by atoms with Crippen LogP contribution in [-0.4, -0.2) is 43.8 Å². The maximum Gasteiger partial charge on any atom is 0.305 e. The summed E-state index contributed by atoms with van der Waals surface area (Å²) in [5.74, 6) is 0.203. The molecule has 2 rings (SSSR count). The third-order valence-corrected chi connectivity index (χ3v) is 5.37. The Kier molecular flexibility index (Phi) is 6.84. The summed E-state index contributed by atoms with van der Waals surface area (Å²) in [6, 6.07) is 7.07. The van der Waals surface area contributed by atoms with Crippen LogP contribution in [0.25, 0.3) is 0 Å². The highest BCUT2D eigenvalue weighted by Gasteiger charge is 2.62. The zero-order valence-electron chi connectivity index (χ0n) is 16.5. The number of benzene rings is 1. The average molecular weight is 378 g/mol. The Bertz CT molecular complexity index is 659. The summed E-state index contributed by atoms with van der Waals surface area (Å²) in [6.45, 7) is 6.88. The molecular formula is C20H30N2O5. The van der Waals surface area contributed by atoms with Gasteiger partial charge in [0.15, 0.2) is 0 Å². The number of amides is 1. The monoisotopic (exact) mass is 378 g/mol. The molecule has 150 valence electrons. The summed E-state index contributed by atoms with van der Waals surface area (Å²) in [5.41, 5.74) is 5.64. The highest BCUT2D eigenvalue weighted by Crippen LogP contribution is 2.50. The number of carbonyl (C=O) groups excluding carboxylic acids is 2. The van der Waals surface area contributed by atoms with Crippen LogP contribution in [0.4, 0.5) is 5.69 Å². The molecule has 1 aromatic rings. The number of hydrogen-bond acceptors (Lipinski definition) is 6. The summed E-state index contributed by atoms with van der Waals surface area (Å²) in [4.78, 5) is 23.8. The third-order valence-electron chi connectivity index (χ3n) is 5.37. The molecule has 27 heavy (non-hydrogen) atoms. The molecule has 1 amide bonds. The number of anilines is 1. The molecule has 0 bridgehead atoms. The maximum atomic E-state index is 12.7. The molecule has 0 aromatic heterocycles. The quantitative estimate of drug-likeness (QED) is 0.506. The Morgan fingerprint density at radius 1 is 1.26 bits per heavy atom. The summed E-state index contributed by atoms with van der Waals surface area (Å²) in [6.07, 6.45) is 1.39. The highest BCUT2D eigenvalue weighted by atomic mass is 16.5. The van der Waals surface area contributed by atoms with Crippen molar-refractivity contribution in [2.45, 2.75) is 51.7 Å². The molecular weight excluding hydrogens is 348 g/mol. The Morgan fingerprint density at radius 2 is 1.93 bits per heavy atom. The fourth-order valence-corrected chi connectivity index (χ4v) is 3.21. The van der Waals surface area contributed by atoms with Crippen LogP contribution in [0.2, 0.25) is 0 Å². The van der Waals surface area contributed by atoms with Crippen molar-refractivity contribution in [1.29, 1.82) is 0 Å². The number of methoxy groups -OCH3 is 1. The topological polar surface area (TPSA) is 99.9 Å². The number of esters is 1. The van der Waals surface area contributed by atoms with E-state index < -0.39 is 11.0 Å². The van der Waals surface area contributed by atoms with Gasteiger partial charge in [0.25, 0.3) is 0 Å². The van der Waals surface area contributed by atoms with Crippen molar-refractivity contribution in [3.63, 3.8) is 0 Å². The fourth-order valence-electron chi connectivity index (χ4n) is 3.21. The predicted octanol–water partition coefficient (Wildman–Crippen LogP) is 2.49. The minimum atomic E-state index is -0.962. The maximum absolute atomic E-state index is 12.7. The van der Waals surface area contributed by atoms with Crippen LogP contribution in [0.1, 0.15) is 40.0 Å². The standard InChI is InChI=1S/C20H30N2O5/c1-5-26-16-13-20(21,19(16,2)3)18(24)22-14-8-10-15(11-9-14)27-12-6-7-17(23)25-4/h8-11,16H,5-7,12-13,21H2,1-4H3,(H,22,24). The largest absolute Gasteiger partial charge is 0.494 e. The van der Waals surface area contributed by atoms with Crippen molar-refractivity contribution in [1.82, 2.24) is 0 Å². The van der Waals surface area contributed by atoms with Crippen LogP contribution in [0.5, 0.6) is 5.75 Å². The summed E-state index contributed by atoms with van der Waals surface area (Å²) in [7, 11) is 1.36. The second-order valence-corrected chi connectivity index (χ2v) is 7.35. The molecule has 1 aliphatic carbocycles. The van der Waals surface area contributed by atoms with E-state index in [1.807, 2.05) is 20.8 Å². The number of rotatable bonds is 9. The number of ether oxygens (including phenoxy) is 3. The number of nitrogens with one attached hydrogen (secondary N) is 1. The Hall–Kier alpha value is -2.12. The van der Waals surface area contributed by atoms with Crippen molar-refractivity contribution in [3.8, 4) is 5.75 Å². The normalized spacial score (nSPS) is 23.2. The first-order valence-corrected chi connectivity index (χ1v) is 9.26. The summed E-state index contributed by atoms with van der Waals surface area (Å²) < 4.78 is 15.8. The molecule has 7 nitrogen and oxygen atoms in total. The summed E-state index contributed by atoms with van der Waals surface area (Å²) >= 11 is 0. The Labute approximate surface area is 160 Å². The van der Waals surface area contributed by atoms with E-state index in [0.29, 0.717) is 43.9 Å². The molecule has 1 saturated carbocycles. The van der Waals surface area contributed by atoms with Crippen molar-refractivity contribution < 1.29 is 23.8 Å². The second-order valence-electron chi connectivity index (χ2n) is 7.35. The van der Waals surface area contributed by atoms with Crippen LogP contribution in [0.15, 0.2) is 24.3 Å². The molecule has 3 N–H and O–H groups in total. The van der Waals surface area contributed by atoms with E-state index in [9.17, 15) is 9.59 Å². The zero-order chi connectivity index (χ0) is 20.1. The lowest BCUT2D eigenvalue weighted by Gasteiger charge is -2.57. The second kappa shape index (κ2) is 8.71. The van der Waals surface area contributed by atoms with Gasteiger partial charge in [-0.2, -0.15) is 0 Å². The van der Waals surface area contributed by atoms with Crippen molar-refractivity contribution in [3.05, 3.63) is 24.3 Å². The first kappa shape index (κ1) is 21.2. The SMILES string of the molecule is CCOC1CC(N)(C(=O)Nc2ccc(OCCCC(=O)OC)cc2)C1(C)C. The first-order chi connectivity index (χ1) is 12.7. The van der Waals surface area contributed by atoms with Gasteiger partial charge in [-0.15, -0.1) is 0 Å². The van der Waals surface area contributed by atoms with Crippen LogP contribution in [0, 0.1) is 5.41 Å². The molecule has 0 heterocycles. The van der Waals surface area contributed by atoms with Gasteiger partial charge in [0.1, 0.15) is 11.3 Å². The lowest BCUT2D eigenvalue weighted by Crippen LogP contribution is -2.74. The third kappa shape index (κ3) is 4.59. The molecule has 1 aromatic carbocycles. The number of hydrogen-bond donors (Lipinski definition) is 2. The highest BCUT2D eigenvalue weighted by molar-refractivity contribution is 5.99. The first-order valence-electron chi connectivity index (χ1n) is 9.26. The van der Waals surface area contributed by atoms with Gasteiger partial charge in [-0.3, -0.25) is 9.59 Å². The van der Waals surface area contributed by atoms with Crippen LogP contribution in [-0.2, 0) is 19.1 Å².